The van der Waals surface area contributed by atoms with E-state index in [2.05, 4.69) is 15.3 Å². The van der Waals surface area contributed by atoms with Crippen molar-refractivity contribution < 1.29 is 14.6 Å². The second kappa shape index (κ2) is 9.80. The van der Waals surface area contributed by atoms with Gasteiger partial charge in [-0.05, 0) is 74.7 Å². The number of phenolic OH excluding ortho intramolecular Hbond substituents is 1. The maximum atomic E-state index is 13.0. The van der Waals surface area contributed by atoms with Crippen LogP contribution >= 0.6 is 0 Å². The van der Waals surface area contributed by atoms with Crippen LogP contribution in [0.15, 0.2) is 75.7 Å². The predicted octanol–water partition coefficient (Wildman–Crippen LogP) is 6.06. The minimum Gasteiger partial charge on any atom is -0.505 e. The van der Waals surface area contributed by atoms with Crippen molar-refractivity contribution in [3.05, 3.63) is 93.4 Å². The number of hydrogen-bond donors (Lipinski definition) is 2. The fraction of sp³-hybridized carbons (Fsp3) is 0.185. The number of aromatic amines is 1. The SMILES string of the molecule is CCOC(=O)c1cccc(-c2cccc(N=Nc3c(C)[nH]n(-c4ccc(C)c(C)c4)c3=O)c2O)c1. The summed E-state index contributed by atoms with van der Waals surface area (Å²) in [5, 5.41) is 22.2. The topological polar surface area (TPSA) is 109 Å². The maximum Gasteiger partial charge on any atom is 0.338 e. The Labute approximate surface area is 202 Å². The molecule has 0 aliphatic rings. The quantitative estimate of drug-likeness (QED) is 0.264. The summed E-state index contributed by atoms with van der Waals surface area (Å²) in [6, 6.07) is 17.6. The lowest BCUT2D eigenvalue weighted by molar-refractivity contribution is 0.0526. The standard InChI is InChI=1S/C27H26N4O4/c1-5-35-27(34)20-9-6-8-19(15-20)22-10-7-11-23(25(22)32)28-29-24-18(4)30-31(26(24)33)21-13-12-16(2)17(3)14-21/h6-15,30,32H,5H2,1-4H3. The first-order chi connectivity index (χ1) is 16.8. The highest BCUT2D eigenvalue weighted by Crippen LogP contribution is 2.38. The molecular formula is C27H26N4O4. The number of esters is 1. The van der Waals surface area contributed by atoms with Crippen molar-refractivity contribution in [2.24, 2.45) is 10.2 Å². The van der Waals surface area contributed by atoms with Gasteiger partial charge in [0.2, 0.25) is 0 Å². The summed E-state index contributed by atoms with van der Waals surface area (Å²) in [5.41, 5.74) is 4.94. The van der Waals surface area contributed by atoms with Gasteiger partial charge in [0.25, 0.3) is 5.56 Å². The number of H-pyrrole nitrogens is 1. The van der Waals surface area contributed by atoms with Gasteiger partial charge in [0.05, 0.1) is 23.6 Å². The summed E-state index contributed by atoms with van der Waals surface area (Å²) < 4.78 is 6.48. The van der Waals surface area contributed by atoms with Crippen molar-refractivity contribution in [1.29, 1.82) is 0 Å². The number of nitrogens with zero attached hydrogens (tertiary/aromatic N) is 3. The number of aryl methyl sites for hydroxylation is 3. The molecule has 0 spiro atoms. The number of phenols is 1. The molecule has 0 aliphatic heterocycles. The number of carbonyl (C=O) groups is 1. The van der Waals surface area contributed by atoms with Crippen molar-refractivity contribution >= 4 is 17.3 Å². The van der Waals surface area contributed by atoms with Gasteiger partial charge in [-0.25, -0.2) is 9.48 Å². The van der Waals surface area contributed by atoms with Crippen LogP contribution in [0.1, 0.15) is 34.1 Å². The number of hydrogen-bond acceptors (Lipinski definition) is 6. The van der Waals surface area contributed by atoms with Crippen LogP contribution in [0.3, 0.4) is 0 Å². The molecule has 0 fully saturated rings. The van der Waals surface area contributed by atoms with E-state index in [-0.39, 0.29) is 29.3 Å². The van der Waals surface area contributed by atoms with Gasteiger partial charge >= 0.3 is 5.97 Å². The molecule has 35 heavy (non-hydrogen) atoms. The van der Waals surface area contributed by atoms with E-state index < -0.39 is 5.97 Å². The van der Waals surface area contributed by atoms with E-state index >= 15 is 0 Å². The van der Waals surface area contributed by atoms with Crippen LogP contribution in [0.2, 0.25) is 0 Å². The lowest BCUT2D eigenvalue weighted by Crippen LogP contribution is -2.14. The molecule has 0 unspecified atom stereocenters. The van der Waals surface area contributed by atoms with Crippen molar-refractivity contribution in [2.75, 3.05) is 6.61 Å². The largest absolute Gasteiger partial charge is 0.505 e. The first-order valence-electron chi connectivity index (χ1n) is 11.2. The number of aromatic nitrogens is 2. The molecule has 4 aromatic rings. The summed E-state index contributed by atoms with van der Waals surface area (Å²) in [7, 11) is 0. The monoisotopic (exact) mass is 470 g/mol. The van der Waals surface area contributed by atoms with Gasteiger partial charge in [0.15, 0.2) is 11.4 Å². The van der Waals surface area contributed by atoms with Crippen molar-refractivity contribution in [2.45, 2.75) is 27.7 Å². The zero-order chi connectivity index (χ0) is 25.1. The smallest absolute Gasteiger partial charge is 0.338 e. The minimum atomic E-state index is -0.437. The van der Waals surface area contributed by atoms with E-state index in [0.29, 0.717) is 28.1 Å². The fourth-order valence-corrected chi connectivity index (χ4v) is 3.68. The van der Waals surface area contributed by atoms with Crippen molar-refractivity contribution in [3.63, 3.8) is 0 Å². The number of benzene rings is 3. The van der Waals surface area contributed by atoms with Crippen molar-refractivity contribution in [3.8, 4) is 22.6 Å². The van der Waals surface area contributed by atoms with Crippen LogP contribution < -0.4 is 5.56 Å². The molecule has 0 saturated heterocycles. The Hall–Kier alpha value is -4.46. The lowest BCUT2D eigenvalue weighted by Gasteiger charge is -2.08. The average molecular weight is 471 g/mol. The van der Waals surface area contributed by atoms with Gasteiger partial charge in [-0.1, -0.05) is 30.3 Å². The Balaban J connectivity index is 1.68. The molecule has 4 rings (SSSR count). The highest BCUT2D eigenvalue weighted by Gasteiger charge is 2.15. The second-order valence-electron chi connectivity index (χ2n) is 8.17. The number of rotatable bonds is 6. The van der Waals surface area contributed by atoms with E-state index in [1.807, 2.05) is 32.0 Å². The first-order valence-corrected chi connectivity index (χ1v) is 11.2. The zero-order valence-corrected chi connectivity index (χ0v) is 20.0. The Bertz CT molecular complexity index is 1500. The fourth-order valence-electron chi connectivity index (χ4n) is 3.68. The third-order valence-electron chi connectivity index (χ3n) is 5.75. The first kappa shape index (κ1) is 23.7. The second-order valence-corrected chi connectivity index (χ2v) is 8.17. The molecule has 0 aliphatic carbocycles. The van der Waals surface area contributed by atoms with Crippen LogP contribution in [0.4, 0.5) is 11.4 Å². The molecule has 1 heterocycles. The van der Waals surface area contributed by atoms with Crippen LogP contribution in [0.5, 0.6) is 5.75 Å². The third-order valence-corrected chi connectivity index (χ3v) is 5.75. The predicted molar refractivity (Wildman–Crippen MR) is 134 cm³/mol. The molecule has 0 bridgehead atoms. The van der Waals surface area contributed by atoms with Gasteiger partial charge in [-0.3, -0.25) is 9.89 Å². The van der Waals surface area contributed by atoms with Crippen LogP contribution in [-0.2, 0) is 4.74 Å². The summed E-state index contributed by atoms with van der Waals surface area (Å²) in [6.07, 6.45) is 0. The van der Waals surface area contributed by atoms with E-state index in [0.717, 1.165) is 11.1 Å². The summed E-state index contributed by atoms with van der Waals surface area (Å²) in [6.45, 7) is 7.75. The number of carbonyl (C=O) groups excluding carboxylic acids is 1. The lowest BCUT2D eigenvalue weighted by atomic mass is 10.0. The normalized spacial score (nSPS) is 11.2. The number of aromatic hydroxyl groups is 1. The Morgan fingerprint density at radius 1 is 1.00 bits per heavy atom. The van der Waals surface area contributed by atoms with E-state index in [9.17, 15) is 14.7 Å². The van der Waals surface area contributed by atoms with Gasteiger partial charge in [0, 0.05) is 5.56 Å². The number of para-hydroxylation sites is 1. The van der Waals surface area contributed by atoms with E-state index in [4.69, 9.17) is 4.74 Å². The number of azo groups is 1. The average Bonchev–Trinajstić information content (AvgIpc) is 3.13. The molecule has 0 atom stereocenters. The zero-order valence-electron chi connectivity index (χ0n) is 20.0. The summed E-state index contributed by atoms with van der Waals surface area (Å²) in [4.78, 5) is 25.1. The van der Waals surface area contributed by atoms with Crippen LogP contribution in [0, 0.1) is 20.8 Å². The Kier molecular flexibility index (Phi) is 6.64. The molecule has 2 N–H and O–H groups in total. The highest BCUT2D eigenvalue weighted by atomic mass is 16.5. The molecule has 0 radical (unpaired) electrons. The van der Waals surface area contributed by atoms with Gasteiger partial charge in [-0.2, -0.15) is 0 Å². The molecule has 1 aromatic heterocycles. The third kappa shape index (κ3) is 4.77. The van der Waals surface area contributed by atoms with Gasteiger partial charge in [0.1, 0.15) is 5.69 Å². The molecule has 3 aromatic carbocycles. The molecule has 178 valence electrons. The van der Waals surface area contributed by atoms with Crippen LogP contribution in [0.25, 0.3) is 16.8 Å². The maximum absolute atomic E-state index is 13.0. The highest BCUT2D eigenvalue weighted by molar-refractivity contribution is 5.91. The molecule has 8 nitrogen and oxygen atoms in total. The van der Waals surface area contributed by atoms with Gasteiger partial charge < -0.3 is 9.84 Å². The Morgan fingerprint density at radius 3 is 2.51 bits per heavy atom. The minimum absolute atomic E-state index is 0.111. The Morgan fingerprint density at radius 2 is 1.77 bits per heavy atom. The van der Waals surface area contributed by atoms with Gasteiger partial charge in [-0.15, -0.1) is 10.2 Å². The van der Waals surface area contributed by atoms with E-state index in [1.165, 1.54) is 4.68 Å². The number of nitrogens with one attached hydrogen (secondary N) is 1. The van der Waals surface area contributed by atoms with Crippen molar-refractivity contribution in [1.82, 2.24) is 9.78 Å². The van der Waals surface area contributed by atoms with Crippen LogP contribution in [-0.4, -0.2) is 27.5 Å². The molecule has 0 saturated carbocycles. The summed E-state index contributed by atoms with van der Waals surface area (Å²) in [5.74, 6) is -0.549. The number of ether oxygens (including phenoxy) is 1. The molecule has 0 amide bonds. The summed E-state index contributed by atoms with van der Waals surface area (Å²) >= 11 is 0. The molecular weight excluding hydrogens is 444 g/mol. The molecule has 8 heteroatoms. The van der Waals surface area contributed by atoms with E-state index in [1.54, 1.807) is 56.3 Å².